The van der Waals surface area contributed by atoms with Gasteiger partial charge in [-0.05, 0) is 37.1 Å². The lowest BCUT2D eigenvalue weighted by Gasteiger charge is -2.26. The summed E-state index contributed by atoms with van der Waals surface area (Å²) in [6.45, 7) is 4.07. The first kappa shape index (κ1) is 14.4. The van der Waals surface area contributed by atoms with Crippen LogP contribution in [-0.2, 0) is 4.74 Å². The Bertz CT molecular complexity index is 532. The third kappa shape index (κ3) is 2.76. The number of carbonyl (C=O) groups is 1. The van der Waals surface area contributed by atoms with E-state index in [1.165, 1.54) is 0 Å². The Labute approximate surface area is 125 Å². The molecule has 1 fully saturated rings. The highest BCUT2D eigenvalue weighted by molar-refractivity contribution is 5.97. The van der Waals surface area contributed by atoms with Gasteiger partial charge in [-0.1, -0.05) is 13.0 Å². The minimum Gasteiger partial charge on any atom is -0.491 e. The van der Waals surface area contributed by atoms with Gasteiger partial charge in [0, 0.05) is 6.61 Å². The van der Waals surface area contributed by atoms with E-state index < -0.39 is 0 Å². The van der Waals surface area contributed by atoms with Gasteiger partial charge in [0.15, 0.2) is 0 Å². The van der Waals surface area contributed by atoms with E-state index in [-0.39, 0.29) is 18.1 Å². The molecule has 0 aliphatic carbocycles. The van der Waals surface area contributed by atoms with Gasteiger partial charge in [0.05, 0.1) is 24.3 Å². The summed E-state index contributed by atoms with van der Waals surface area (Å²) in [5, 5.41) is 6.18. The molecule has 1 aromatic rings. The van der Waals surface area contributed by atoms with Gasteiger partial charge in [0.2, 0.25) is 0 Å². The molecule has 3 rings (SSSR count). The van der Waals surface area contributed by atoms with Crippen LogP contribution in [0.3, 0.4) is 0 Å². The van der Waals surface area contributed by atoms with Gasteiger partial charge in [-0.15, -0.1) is 0 Å². The van der Waals surface area contributed by atoms with Crippen molar-refractivity contribution in [2.45, 2.75) is 25.5 Å². The summed E-state index contributed by atoms with van der Waals surface area (Å²) in [5.74, 6) is 1.09. The van der Waals surface area contributed by atoms with Crippen molar-refractivity contribution in [3.8, 4) is 5.75 Å². The molecule has 2 heterocycles. The van der Waals surface area contributed by atoms with Crippen molar-refractivity contribution in [2.75, 3.05) is 26.8 Å². The van der Waals surface area contributed by atoms with Crippen LogP contribution in [0.5, 0.6) is 5.75 Å². The van der Waals surface area contributed by atoms with Crippen LogP contribution in [-0.4, -0.2) is 38.8 Å². The van der Waals surface area contributed by atoms with Crippen LogP contribution < -0.4 is 15.4 Å². The van der Waals surface area contributed by atoms with Gasteiger partial charge in [-0.25, -0.2) is 0 Å². The quantitative estimate of drug-likeness (QED) is 0.885. The Morgan fingerprint density at radius 2 is 2.24 bits per heavy atom. The summed E-state index contributed by atoms with van der Waals surface area (Å²) in [7, 11) is 1.93. The Morgan fingerprint density at radius 1 is 1.38 bits per heavy atom. The van der Waals surface area contributed by atoms with Crippen LogP contribution in [0.15, 0.2) is 18.2 Å². The van der Waals surface area contributed by atoms with E-state index in [0.29, 0.717) is 30.4 Å². The fourth-order valence-electron chi connectivity index (χ4n) is 3.13. The minimum atomic E-state index is -0.0698. The number of hydrogen-bond donors (Lipinski definition) is 2. The number of carbonyl (C=O) groups excluding carboxylic acids is 1. The van der Waals surface area contributed by atoms with Gasteiger partial charge < -0.3 is 20.1 Å². The van der Waals surface area contributed by atoms with E-state index in [2.05, 4.69) is 17.6 Å². The van der Waals surface area contributed by atoms with Gasteiger partial charge in [0.25, 0.3) is 5.91 Å². The number of fused-ring (bicyclic) bond motifs is 1. The van der Waals surface area contributed by atoms with Crippen LogP contribution in [0.25, 0.3) is 0 Å². The smallest absolute Gasteiger partial charge is 0.255 e. The molecule has 2 aliphatic rings. The topological polar surface area (TPSA) is 59.6 Å². The molecule has 114 valence electrons. The Morgan fingerprint density at radius 3 is 2.95 bits per heavy atom. The van der Waals surface area contributed by atoms with Gasteiger partial charge in [-0.2, -0.15) is 0 Å². The van der Waals surface area contributed by atoms with Gasteiger partial charge >= 0.3 is 0 Å². The molecule has 2 aliphatic heterocycles. The van der Waals surface area contributed by atoms with Crippen molar-refractivity contribution in [3.63, 3.8) is 0 Å². The zero-order valence-corrected chi connectivity index (χ0v) is 12.5. The number of nitrogens with one attached hydrogen (secondary N) is 2. The molecule has 0 bridgehead atoms. The van der Waals surface area contributed by atoms with Crippen molar-refractivity contribution in [1.82, 2.24) is 10.6 Å². The molecular weight excluding hydrogens is 268 g/mol. The highest BCUT2D eigenvalue weighted by Gasteiger charge is 2.33. The number of ether oxygens (including phenoxy) is 2. The fraction of sp³-hybridized carbons (Fsp3) is 0.562. The first-order valence-corrected chi connectivity index (χ1v) is 7.54. The third-order valence-electron chi connectivity index (χ3n) is 4.34. The molecule has 1 saturated heterocycles. The maximum absolute atomic E-state index is 12.1. The summed E-state index contributed by atoms with van der Waals surface area (Å²) in [6.07, 6.45) is 1.22. The largest absolute Gasteiger partial charge is 0.491 e. The monoisotopic (exact) mass is 290 g/mol. The van der Waals surface area contributed by atoms with Crippen LogP contribution in [0.4, 0.5) is 0 Å². The maximum Gasteiger partial charge on any atom is 0.255 e. The molecule has 3 atom stereocenters. The van der Waals surface area contributed by atoms with Crippen LogP contribution in [0.1, 0.15) is 35.3 Å². The van der Waals surface area contributed by atoms with E-state index in [9.17, 15) is 4.79 Å². The molecule has 2 N–H and O–H groups in total. The maximum atomic E-state index is 12.1. The second-order valence-electron chi connectivity index (χ2n) is 5.73. The first-order chi connectivity index (χ1) is 10.2. The molecule has 5 heteroatoms. The van der Waals surface area contributed by atoms with Crippen molar-refractivity contribution in [1.29, 1.82) is 0 Å². The Kier molecular flexibility index (Phi) is 4.12. The van der Waals surface area contributed by atoms with Crippen molar-refractivity contribution in [2.24, 2.45) is 5.92 Å². The molecule has 0 aromatic heterocycles. The molecule has 1 amide bonds. The Balaban J connectivity index is 1.92. The molecule has 3 unspecified atom stereocenters. The standard InChI is InChI=1S/C16H22N2O3/c1-10-5-7-21-15(10)14(17-2)11-3-4-13-12(9-11)16(19)18-6-8-20-13/h3-4,9-10,14-15,17H,5-8H2,1-2H3,(H,18,19). The highest BCUT2D eigenvalue weighted by atomic mass is 16.5. The first-order valence-electron chi connectivity index (χ1n) is 7.54. The van der Waals surface area contributed by atoms with E-state index in [4.69, 9.17) is 9.47 Å². The summed E-state index contributed by atoms with van der Waals surface area (Å²) in [4.78, 5) is 12.1. The number of amides is 1. The summed E-state index contributed by atoms with van der Waals surface area (Å²) in [6, 6.07) is 5.92. The third-order valence-corrected chi connectivity index (χ3v) is 4.34. The second-order valence-corrected chi connectivity index (χ2v) is 5.73. The van der Waals surface area contributed by atoms with Gasteiger partial charge in [-0.3, -0.25) is 4.79 Å². The predicted octanol–water partition coefficient (Wildman–Crippen LogP) is 1.49. The lowest BCUT2D eigenvalue weighted by molar-refractivity contribution is 0.0630. The molecular formula is C16H22N2O3. The van der Waals surface area contributed by atoms with Crippen LogP contribution >= 0.6 is 0 Å². The zero-order chi connectivity index (χ0) is 14.8. The minimum absolute atomic E-state index is 0.0698. The lowest BCUT2D eigenvalue weighted by Crippen LogP contribution is -2.33. The number of benzene rings is 1. The predicted molar refractivity (Wildman–Crippen MR) is 79.6 cm³/mol. The SMILES string of the molecule is CNC(c1ccc2c(c1)C(=O)NCCO2)C1OCCC1C. The van der Waals surface area contributed by atoms with Crippen LogP contribution in [0.2, 0.25) is 0 Å². The highest BCUT2D eigenvalue weighted by Crippen LogP contribution is 2.33. The van der Waals surface area contributed by atoms with Crippen molar-refractivity contribution in [3.05, 3.63) is 29.3 Å². The van der Waals surface area contributed by atoms with Crippen LogP contribution in [0, 0.1) is 5.92 Å². The molecule has 0 saturated carbocycles. The fourth-order valence-corrected chi connectivity index (χ4v) is 3.13. The average Bonchev–Trinajstić information content (AvgIpc) is 2.82. The zero-order valence-electron chi connectivity index (χ0n) is 12.5. The van der Waals surface area contributed by atoms with Crippen molar-refractivity contribution >= 4 is 5.91 Å². The van der Waals surface area contributed by atoms with E-state index in [1.54, 1.807) is 0 Å². The summed E-state index contributed by atoms with van der Waals surface area (Å²) in [5.41, 5.74) is 1.67. The summed E-state index contributed by atoms with van der Waals surface area (Å²) >= 11 is 0. The van der Waals surface area contributed by atoms with E-state index >= 15 is 0 Å². The molecule has 5 nitrogen and oxygen atoms in total. The van der Waals surface area contributed by atoms with Gasteiger partial charge in [0.1, 0.15) is 12.4 Å². The Hall–Kier alpha value is -1.59. The normalized spacial score (nSPS) is 26.5. The average molecular weight is 290 g/mol. The van der Waals surface area contributed by atoms with Crippen molar-refractivity contribution < 1.29 is 14.3 Å². The molecule has 0 spiro atoms. The lowest BCUT2D eigenvalue weighted by atomic mass is 9.91. The number of rotatable bonds is 3. The second kappa shape index (κ2) is 6.03. The molecule has 1 aromatic carbocycles. The molecule has 21 heavy (non-hydrogen) atoms. The number of likely N-dealkylation sites (N-methyl/N-ethyl adjacent to an activating group) is 1. The summed E-state index contributed by atoms with van der Waals surface area (Å²) < 4.78 is 11.5. The van der Waals surface area contributed by atoms with E-state index in [0.717, 1.165) is 18.6 Å². The molecule has 0 radical (unpaired) electrons. The van der Waals surface area contributed by atoms with E-state index in [1.807, 2.05) is 25.2 Å². The number of hydrogen-bond acceptors (Lipinski definition) is 4.